The van der Waals surface area contributed by atoms with Crippen molar-refractivity contribution in [3.05, 3.63) is 34.5 Å². The minimum absolute atomic E-state index is 0.0227. The third-order valence-electron chi connectivity index (χ3n) is 4.46. The summed E-state index contributed by atoms with van der Waals surface area (Å²) in [5.41, 5.74) is 1.22. The normalized spacial score (nSPS) is 14.7. The third kappa shape index (κ3) is 6.78. The largest absolute Gasteiger partial charge is 0.433 e. The van der Waals surface area contributed by atoms with Gasteiger partial charge in [0.25, 0.3) is 5.91 Å². The number of aliphatic hydroxyl groups excluding tert-OH is 1. The number of rotatable bonds is 4. The molecule has 0 radical (unpaired) electrons. The van der Waals surface area contributed by atoms with Crippen LogP contribution in [0.15, 0.2) is 18.3 Å². The van der Waals surface area contributed by atoms with Crippen LogP contribution >= 0.6 is 11.6 Å². The highest BCUT2D eigenvalue weighted by atomic mass is 35.5. The van der Waals surface area contributed by atoms with E-state index in [-0.39, 0.29) is 28.8 Å². The van der Waals surface area contributed by atoms with Crippen LogP contribution in [0, 0.1) is 6.92 Å². The van der Waals surface area contributed by atoms with Crippen LogP contribution in [0.25, 0.3) is 10.9 Å². The Morgan fingerprint density at radius 3 is 2.48 bits per heavy atom. The van der Waals surface area contributed by atoms with Crippen LogP contribution < -0.4 is 10.1 Å². The van der Waals surface area contributed by atoms with E-state index in [0.717, 1.165) is 25.7 Å². The number of ether oxygens (including phenoxy) is 1. The lowest BCUT2D eigenvalue weighted by Gasteiger charge is -2.22. The number of halogens is 3. The zero-order chi connectivity index (χ0) is 21.6. The minimum atomic E-state index is -2.96. The van der Waals surface area contributed by atoms with E-state index in [1.165, 1.54) is 12.6 Å². The van der Waals surface area contributed by atoms with Gasteiger partial charge in [-0.25, -0.2) is 0 Å². The standard InChI is InChI=1S/C18H19ClF2N2O2.C3H8O/c1-10-7-11-8-12(17(24)23-13-5-3-2-4-6-13)9-22-15(11)14(19)16(10)25-18(20)21;1-3(2)4/h7-9,13,18H,2-6H2,1H3,(H,23,24);3-4H,1-2H3. The fourth-order valence-electron chi connectivity index (χ4n) is 3.23. The molecule has 1 aliphatic rings. The highest BCUT2D eigenvalue weighted by molar-refractivity contribution is 6.36. The molecule has 1 heterocycles. The Morgan fingerprint density at radius 2 is 1.90 bits per heavy atom. The Balaban J connectivity index is 0.000000687. The minimum Gasteiger partial charge on any atom is -0.433 e. The van der Waals surface area contributed by atoms with Gasteiger partial charge in [0.05, 0.1) is 11.1 Å². The maximum Gasteiger partial charge on any atom is 0.387 e. The van der Waals surface area contributed by atoms with Crippen LogP contribution in [0.4, 0.5) is 8.78 Å². The molecule has 2 aromatic rings. The van der Waals surface area contributed by atoms with E-state index in [1.54, 1.807) is 32.9 Å². The molecule has 8 heteroatoms. The number of nitrogens with zero attached hydrogens (tertiary/aromatic N) is 1. The van der Waals surface area contributed by atoms with Crippen molar-refractivity contribution < 1.29 is 23.4 Å². The SMILES string of the molecule is CC(C)O.Cc1cc2cc(C(=O)NC3CCCCC3)cnc2c(Cl)c1OC(F)F. The van der Waals surface area contributed by atoms with Crippen molar-refractivity contribution in [2.24, 2.45) is 0 Å². The van der Waals surface area contributed by atoms with Crippen LogP contribution in [0.2, 0.25) is 5.02 Å². The molecular formula is C21H27ClF2N2O3. The van der Waals surface area contributed by atoms with Gasteiger partial charge in [-0.3, -0.25) is 9.78 Å². The van der Waals surface area contributed by atoms with Gasteiger partial charge in [-0.05, 0) is 51.3 Å². The number of hydrogen-bond donors (Lipinski definition) is 2. The molecule has 0 bridgehead atoms. The first-order chi connectivity index (χ1) is 13.7. The number of aromatic nitrogens is 1. The van der Waals surface area contributed by atoms with Crippen LogP contribution in [0.3, 0.4) is 0 Å². The Kier molecular flexibility index (Phi) is 8.59. The molecule has 1 amide bonds. The Labute approximate surface area is 174 Å². The molecule has 2 N–H and O–H groups in total. The van der Waals surface area contributed by atoms with Gasteiger partial charge in [-0.2, -0.15) is 8.78 Å². The van der Waals surface area contributed by atoms with Crippen molar-refractivity contribution in [3.8, 4) is 5.75 Å². The zero-order valence-corrected chi connectivity index (χ0v) is 17.6. The number of aliphatic hydroxyl groups is 1. The molecule has 3 rings (SSSR count). The van der Waals surface area contributed by atoms with Crippen molar-refractivity contribution in [1.29, 1.82) is 0 Å². The maximum absolute atomic E-state index is 12.5. The van der Waals surface area contributed by atoms with Gasteiger partial charge in [0.15, 0.2) is 0 Å². The highest BCUT2D eigenvalue weighted by Crippen LogP contribution is 2.36. The van der Waals surface area contributed by atoms with Gasteiger partial charge in [0, 0.05) is 23.7 Å². The number of carbonyl (C=O) groups is 1. The van der Waals surface area contributed by atoms with E-state index in [9.17, 15) is 13.6 Å². The van der Waals surface area contributed by atoms with Crippen LogP contribution in [0.1, 0.15) is 61.9 Å². The van der Waals surface area contributed by atoms with Gasteiger partial charge in [0.2, 0.25) is 0 Å². The summed E-state index contributed by atoms with van der Waals surface area (Å²) in [4.78, 5) is 16.6. The molecule has 5 nitrogen and oxygen atoms in total. The zero-order valence-electron chi connectivity index (χ0n) is 16.8. The molecular weight excluding hydrogens is 402 g/mol. The number of pyridine rings is 1. The first kappa shape index (κ1) is 23.3. The average molecular weight is 429 g/mol. The topological polar surface area (TPSA) is 71.5 Å². The average Bonchev–Trinajstić information content (AvgIpc) is 2.65. The van der Waals surface area contributed by atoms with Gasteiger partial charge >= 0.3 is 6.61 Å². The van der Waals surface area contributed by atoms with E-state index in [4.69, 9.17) is 16.7 Å². The highest BCUT2D eigenvalue weighted by Gasteiger charge is 2.19. The molecule has 0 unspecified atom stereocenters. The second kappa shape index (κ2) is 10.7. The van der Waals surface area contributed by atoms with E-state index in [1.807, 2.05) is 0 Å². The summed E-state index contributed by atoms with van der Waals surface area (Å²) < 4.78 is 29.5. The maximum atomic E-state index is 12.5. The number of benzene rings is 1. The predicted octanol–water partition coefficient (Wildman–Crippen LogP) is 5.25. The lowest BCUT2D eigenvalue weighted by molar-refractivity contribution is -0.0501. The Bertz CT molecular complexity index is 838. The molecule has 0 spiro atoms. The van der Waals surface area contributed by atoms with Gasteiger partial charge < -0.3 is 15.2 Å². The Morgan fingerprint density at radius 1 is 1.28 bits per heavy atom. The molecule has 1 saturated carbocycles. The van der Waals surface area contributed by atoms with Gasteiger partial charge in [-0.15, -0.1) is 0 Å². The molecule has 1 aromatic heterocycles. The molecule has 1 fully saturated rings. The summed E-state index contributed by atoms with van der Waals surface area (Å²) in [6, 6.07) is 3.51. The second-order valence-corrected chi connectivity index (χ2v) is 7.79. The summed E-state index contributed by atoms with van der Waals surface area (Å²) >= 11 is 6.16. The first-order valence-electron chi connectivity index (χ1n) is 9.71. The molecule has 0 aliphatic heterocycles. The summed E-state index contributed by atoms with van der Waals surface area (Å²) in [5.74, 6) is -0.265. The number of hydrogen-bond acceptors (Lipinski definition) is 4. The number of nitrogens with one attached hydrogen (secondary N) is 1. The fourth-order valence-corrected chi connectivity index (χ4v) is 3.58. The molecule has 1 aromatic carbocycles. The third-order valence-corrected chi connectivity index (χ3v) is 4.81. The Hall–Kier alpha value is -1.99. The molecule has 1 aliphatic carbocycles. The number of fused-ring (bicyclic) bond motifs is 1. The van der Waals surface area contributed by atoms with Crippen LogP contribution in [-0.2, 0) is 0 Å². The molecule has 0 atom stereocenters. The lowest BCUT2D eigenvalue weighted by atomic mass is 9.95. The van der Waals surface area contributed by atoms with Gasteiger partial charge in [0.1, 0.15) is 10.8 Å². The number of aryl methyl sites for hydroxylation is 1. The fraction of sp³-hybridized carbons (Fsp3) is 0.524. The van der Waals surface area contributed by atoms with Crippen LogP contribution in [0.5, 0.6) is 5.75 Å². The van der Waals surface area contributed by atoms with Crippen LogP contribution in [-0.4, -0.2) is 34.8 Å². The second-order valence-electron chi connectivity index (χ2n) is 7.41. The first-order valence-corrected chi connectivity index (χ1v) is 10.1. The van der Waals surface area contributed by atoms with Crippen molar-refractivity contribution in [1.82, 2.24) is 10.3 Å². The van der Waals surface area contributed by atoms with Gasteiger partial charge in [-0.1, -0.05) is 30.9 Å². The van der Waals surface area contributed by atoms with E-state index in [2.05, 4.69) is 15.0 Å². The van der Waals surface area contributed by atoms with Crippen molar-refractivity contribution >= 4 is 28.4 Å². The van der Waals surface area contributed by atoms with Crippen molar-refractivity contribution in [2.75, 3.05) is 0 Å². The van der Waals surface area contributed by atoms with E-state index in [0.29, 0.717) is 22.0 Å². The predicted molar refractivity (Wildman–Crippen MR) is 110 cm³/mol. The number of carbonyl (C=O) groups excluding carboxylic acids is 1. The summed E-state index contributed by atoms with van der Waals surface area (Å²) in [6.45, 7) is 2.10. The molecule has 160 valence electrons. The van der Waals surface area contributed by atoms with E-state index < -0.39 is 6.61 Å². The molecule has 0 saturated heterocycles. The van der Waals surface area contributed by atoms with Crippen molar-refractivity contribution in [2.45, 2.75) is 71.6 Å². The monoisotopic (exact) mass is 428 g/mol. The number of amides is 1. The lowest BCUT2D eigenvalue weighted by Crippen LogP contribution is -2.36. The van der Waals surface area contributed by atoms with Crippen molar-refractivity contribution in [3.63, 3.8) is 0 Å². The summed E-state index contributed by atoms with van der Waals surface area (Å²) in [7, 11) is 0. The smallest absolute Gasteiger partial charge is 0.387 e. The quantitative estimate of drug-likeness (QED) is 0.697. The summed E-state index contributed by atoms with van der Waals surface area (Å²) in [5, 5.41) is 11.7. The van der Waals surface area contributed by atoms with E-state index >= 15 is 0 Å². The molecule has 29 heavy (non-hydrogen) atoms. The summed E-state index contributed by atoms with van der Waals surface area (Å²) in [6.07, 6.45) is 6.70. The number of alkyl halides is 2.